The zero-order valence-corrected chi connectivity index (χ0v) is 9.43. The molecule has 6 heteroatoms. The molecule has 0 radical (unpaired) electrons. The van der Waals surface area contributed by atoms with Crippen molar-refractivity contribution in [1.82, 2.24) is 4.98 Å². The fourth-order valence-electron chi connectivity index (χ4n) is 1.06. The molecule has 0 fully saturated rings. The first-order valence-electron chi connectivity index (χ1n) is 4.75. The summed E-state index contributed by atoms with van der Waals surface area (Å²) in [4.78, 5) is 25.6. The molecule has 1 heterocycles. The molecule has 0 aliphatic carbocycles. The number of hydrogen-bond acceptors (Lipinski definition) is 5. The van der Waals surface area contributed by atoms with Gasteiger partial charge in [-0.3, -0.25) is 4.79 Å². The Hall–Kier alpha value is -2.37. The van der Waals surface area contributed by atoms with E-state index in [-0.39, 0.29) is 5.57 Å². The summed E-state index contributed by atoms with van der Waals surface area (Å²) >= 11 is 0. The highest BCUT2D eigenvalue weighted by Crippen LogP contribution is 2.11. The molecule has 0 unspecified atom stereocenters. The van der Waals surface area contributed by atoms with Gasteiger partial charge in [-0.2, -0.15) is 0 Å². The monoisotopic (exact) mass is 236 g/mol. The fourth-order valence-corrected chi connectivity index (χ4v) is 1.06. The molecular formula is C11H12N2O4. The van der Waals surface area contributed by atoms with Gasteiger partial charge < -0.3 is 15.2 Å². The number of carbonyl (C=O) groups excluding carboxylic acids is 1. The Labute approximate surface area is 97.9 Å². The lowest BCUT2D eigenvalue weighted by Crippen LogP contribution is -2.10. The van der Waals surface area contributed by atoms with Gasteiger partial charge in [0.15, 0.2) is 5.78 Å². The van der Waals surface area contributed by atoms with Gasteiger partial charge in [-0.05, 0) is 13.0 Å². The third-order valence-electron chi connectivity index (χ3n) is 1.94. The van der Waals surface area contributed by atoms with Crippen molar-refractivity contribution in [3.8, 4) is 5.88 Å². The Morgan fingerprint density at radius 3 is 2.59 bits per heavy atom. The number of Topliss-reactive ketones (excluding diaryl/α,β-unsaturated/α-hetero) is 1. The van der Waals surface area contributed by atoms with Crippen LogP contribution in [0.15, 0.2) is 30.1 Å². The Morgan fingerprint density at radius 1 is 1.47 bits per heavy atom. The lowest BCUT2D eigenvalue weighted by molar-refractivity contribution is -0.134. The van der Waals surface area contributed by atoms with Crippen LogP contribution in [0.4, 0.5) is 5.69 Å². The zero-order valence-electron chi connectivity index (χ0n) is 9.43. The molecular weight excluding hydrogens is 224 g/mol. The van der Waals surface area contributed by atoms with Gasteiger partial charge in [0.05, 0.1) is 19.0 Å². The minimum absolute atomic E-state index is 0.319. The van der Waals surface area contributed by atoms with E-state index in [4.69, 9.17) is 9.84 Å². The first-order chi connectivity index (χ1) is 8.04. The van der Waals surface area contributed by atoms with Crippen molar-refractivity contribution in [3.63, 3.8) is 0 Å². The molecule has 1 aromatic heterocycles. The molecule has 90 valence electrons. The second-order valence-electron chi connectivity index (χ2n) is 3.15. The summed E-state index contributed by atoms with van der Waals surface area (Å²) in [5.74, 6) is -1.34. The summed E-state index contributed by atoms with van der Waals surface area (Å²) in [5.41, 5.74) is 0.242. The first kappa shape index (κ1) is 12.7. The maximum Gasteiger partial charge on any atom is 0.340 e. The van der Waals surface area contributed by atoms with Crippen LogP contribution in [0.3, 0.4) is 0 Å². The van der Waals surface area contributed by atoms with Crippen LogP contribution in [0.2, 0.25) is 0 Å². The number of pyridine rings is 1. The molecule has 6 nitrogen and oxygen atoms in total. The van der Waals surface area contributed by atoms with Crippen molar-refractivity contribution in [2.24, 2.45) is 0 Å². The summed E-state index contributed by atoms with van der Waals surface area (Å²) in [6.45, 7) is 1.19. The smallest absolute Gasteiger partial charge is 0.340 e. The average molecular weight is 236 g/mol. The number of carboxylic acid groups (broad SMARTS) is 1. The number of carboxylic acids is 1. The third kappa shape index (κ3) is 3.60. The Balaban J connectivity index is 2.80. The van der Waals surface area contributed by atoms with E-state index in [9.17, 15) is 9.59 Å². The molecule has 0 aromatic carbocycles. The minimum atomic E-state index is -1.27. The molecule has 1 rings (SSSR count). The van der Waals surface area contributed by atoms with Crippen molar-refractivity contribution in [2.45, 2.75) is 6.92 Å². The highest BCUT2D eigenvalue weighted by Gasteiger charge is 2.11. The van der Waals surface area contributed by atoms with E-state index in [1.54, 1.807) is 12.1 Å². The van der Waals surface area contributed by atoms with Gasteiger partial charge in [0, 0.05) is 12.3 Å². The van der Waals surface area contributed by atoms with E-state index in [1.807, 2.05) is 0 Å². The molecule has 0 aliphatic heterocycles. The van der Waals surface area contributed by atoms with E-state index in [0.29, 0.717) is 11.6 Å². The Kier molecular flexibility index (Phi) is 4.21. The third-order valence-corrected chi connectivity index (χ3v) is 1.94. The van der Waals surface area contributed by atoms with Gasteiger partial charge in [-0.25, -0.2) is 9.78 Å². The molecule has 17 heavy (non-hydrogen) atoms. The molecule has 0 bridgehead atoms. The number of rotatable bonds is 5. The zero-order chi connectivity index (χ0) is 12.8. The summed E-state index contributed by atoms with van der Waals surface area (Å²) in [6, 6.07) is 3.27. The average Bonchev–Trinajstić information content (AvgIpc) is 2.29. The summed E-state index contributed by atoms with van der Waals surface area (Å²) in [7, 11) is 1.49. The number of ether oxygens (including phenoxy) is 1. The standard InChI is InChI=1S/C11H12N2O4/c1-7(14)9(11(15)16)6-12-8-3-4-10(17-2)13-5-8/h3-6,12H,1-2H3,(H,15,16)/b9-6+. The number of ketones is 1. The highest BCUT2D eigenvalue weighted by atomic mass is 16.5. The normalized spacial score (nSPS) is 10.8. The minimum Gasteiger partial charge on any atom is -0.481 e. The molecule has 0 saturated heterocycles. The van der Waals surface area contributed by atoms with Crippen LogP contribution >= 0.6 is 0 Å². The molecule has 2 N–H and O–H groups in total. The molecule has 0 spiro atoms. The summed E-state index contributed by atoms with van der Waals surface area (Å²) in [5, 5.41) is 11.4. The topological polar surface area (TPSA) is 88.5 Å². The van der Waals surface area contributed by atoms with Crippen molar-refractivity contribution in [1.29, 1.82) is 0 Å². The Morgan fingerprint density at radius 2 is 2.18 bits per heavy atom. The van der Waals surface area contributed by atoms with Gasteiger partial charge in [0.1, 0.15) is 5.57 Å². The fraction of sp³-hybridized carbons (Fsp3) is 0.182. The van der Waals surface area contributed by atoms with E-state index < -0.39 is 11.8 Å². The summed E-state index contributed by atoms with van der Waals surface area (Å²) < 4.78 is 4.87. The second kappa shape index (κ2) is 5.64. The quantitative estimate of drug-likeness (QED) is 0.451. The predicted octanol–water partition coefficient (Wildman–Crippen LogP) is 1.06. The predicted molar refractivity (Wildman–Crippen MR) is 60.8 cm³/mol. The van der Waals surface area contributed by atoms with E-state index in [1.165, 1.54) is 20.2 Å². The second-order valence-corrected chi connectivity index (χ2v) is 3.15. The van der Waals surface area contributed by atoms with Gasteiger partial charge in [0.25, 0.3) is 0 Å². The van der Waals surface area contributed by atoms with Crippen LogP contribution < -0.4 is 10.1 Å². The largest absolute Gasteiger partial charge is 0.481 e. The van der Waals surface area contributed by atoms with E-state index in [0.717, 1.165) is 6.20 Å². The number of nitrogens with one attached hydrogen (secondary N) is 1. The van der Waals surface area contributed by atoms with Crippen LogP contribution in [-0.2, 0) is 9.59 Å². The summed E-state index contributed by atoms with van der Waals surface area (Å²) in [6.07, 6.45) is 2.60. The van der Waals surface area contributed by atoms with Crippen LogP contribution in [0.1, 0.15) is 6.92 Å². The lowest BCUT2D eigenvalue weighted by Gasteiger charge is -2.03. The van der Waals surface area contributed by atoms with E-state index >= 15 is 0 Å². The van der Waals surface area contributed by atoms with Crippen molar-refractivity contribution >= 4 is 17.4 Å². The number of methoxy groups -OCH3 is 1. The number of anilines is 1. The van der Waals surface area contributed by atoms with Crippen molar-refractivity contribution in [3.05, 3.63) is 30.1 Å². The number of hydrogen-bond donors (Lipinski definition) is 2. The number of aliphatic carboxylic acids is 1. The van der Waals surface area contributed by atoms with Crippen molar-refractivity contribution < 1.29 is 19.4 Å². The van der Waals surface area contributed by atoms with Gasteiger partial charge >= 0.3 is 5.97 Å². The first-order valence-corrected chi connectivity index (χ1v) is 4.75. The molecule has 0 atom stereocenters. The van der Waals surface area contributed by atoms with Crippen LogP contribution in [-0.4, -0.2) is 29.0 Å². The van der Waals surface area contributed by atoms with Crippen molar-refractivity contribution in [2.75, 3.05) is 12.4 Å². The van der Waals surface area contributed by atoms with Crippen LogP contribution in [0.5, 0.6) is 5.88 Å². The molecule has 0 aliphatic rings. The molecule has 1 aromatic rings. The van der Waals surface area contributed by atoms with Gasteiger partial charge in [0.2, 0.25) is 5.88 Å². The van der Waals surface area contributed by atoms with E-state index in [2.05, 4.69) is 10.3 Å². The number of nitrogens with zero attached hydrogens (tertiary/aromatic N) is 1. The maximum absolute atomic E-state index is 11.0. The number of aromatic nitrogens is 1. The molecule has 0 amide bonds. The van der Waals surface area contributed by atoms with Gasteiger partial charge in [-0.15, -0.1) is 0 Å². The lowest BCUT2D eigenvalue weighted by atomic mass is 10.2. The highest BCUT2D eigenvalue weighted by molar-refractivity contribution is 6.15. The SMILES string of the molecule is COc1ccc(N/C=C(\C(C)=O)C(=O)O)cn1. The maximum atomic E-state index is 11.0. The molecule has 0 saturated carbocycles. The van der Waals surface area contributed by atoms with Crippen LogP contribution in [0, 0.1) is 0 Å². The van der Waals surface area contributed by atoms with Gasteiger partial charge in [-0.1, -0.05) is 0 Å². The van der Waals surface area contributed by atoms with Crippen LogP contribution in [0.25, 0.3) is 0 Å². The number of carbonyl (C=O) groups is 2. The Bertz CT molecular complexity index is 435.